The SMILES string of the molecule is c1ccc(-c2ccccc2-c2nc(-c3cccc(-n4c5ccc(-n6c7ccccc7c7c8ccccc8ccc76)cc5c5cc6ccccc6cc54)c3)nc(-c3cccc4ccccc34)n2)cc1. The Morgan fingerprint density at radius 1 is 0.250 bits per heavy atom. The van der Waals surface area contributed by atoms with Crippen LogP contribution >= 0.6 is 0 Å². The van der Waals surface area contributed by atoms with Gasteiger partial charge in [-0.1, -0.05) is 182 Å². The van der Waals surface area contributed by atoms with Gasteiger partial charge in [0.2, 0.25) is 0 Å². The third-order valence-corrected chi connectivity index (χ3v) is 13.7. The number of aromatic nitrogens is 5. The molecule has 316 valence electrons. The van der Waals surface area contributed by atoms with Crippen LogP contribution in [0.5, 0.6) is 0 Å². The van der Waals surface area contributed by atoms with E-state index in [-0.39, 0.29) is 0 Å². The van der Waals surface area contributed by atoms with Crippen LogP contribution in [-0.2, 0) is 0 Å². The Bertz CT molecular complexity index is 4330. The molecule has 14 rings (SSSR count). The lowest BCUT2D eigenvalue weighted by molar-refractivity contribution is 1.07. The van der Waals surface area contributed by atoms with E-state index < -0.39 is 0 Å². The molecule has 0 fully saturated rings. The maximum atomic E-state index is 5.33. The second kappa shape index (κ2) is 15.2. The molecule has 0 spiro atoms. The molecule has 0 amide bonds. The maximum Gasteiger partial charge on any atom is 0.164 e. The molecule has 0 aliphatic carbocycles. The molecule has 0 saturated carbocycles. The van der Waals surface area contributed by atoms with Crippen molar-refractivity contribution in [2.24, 2.45) is 0 Å². The lowest BCUT2D eigenvalue weighted by Gasteiger charge is -2.14. The first-order valence-corrected chi connectivity index (χ1v) is 23.1. The zero-order valence-corrected chi connectivity index (χ0v) is 36.8. The summed E-state index contributed by atoms with van der Waals surface area (Å²) in [4.78, 5) is 15.9. The molecule has 0 aliphatic heterocycles. The highest BCUT2D eigenvalue weighted by Crippen LogP contribution is 2.41. The Kier molecular flexibility index (Phi) is 8.52. The second-order valence-corrected chi connectivity index (χ2v) is 17.6. The fourth-order valence-corrected chi connectivity index (χ4v) is 10.6. The molecule has 0 atom stereocenters. The van der Waals surface area contributed by atoms with Gasteiger partial charge in [-0.05, 0) is 98.0 Å². The summed E-state index contributed by atoms with van der Waals surface area (Å²) in [6.07, 6.45) is 0. The highest BCUT2D eigenvalue weighted by molar-refractivity contribution is 6.22. The van der Waals surface area contributed by atoms with E-state index in [0.717, 1.165) is 61.0 Å². The number of nitrogens with zero attached hydrogens (tertiary/aromatic N) is 5. The molecule has 3 aromatic heterocycles. The number of benzene rings is 11. The smallest absolute Gasteiger partial charge is 0.164 e. The maximum absolute atomic E-state index is 5.33. The van der Waals surface area contributed by atoms with Gasteiger partial charge in [0.1, 0.15) is 0 Å². The molecule has 0 unspecified atom stereocenters. The zero-order valence-electron chi connectivity index (χ0n) is 36.8. The van der Waals surface area contributed by atoms with Gasteiger partial charge in [-0.15, -0.1) is 0 Å². The van der Waals surface area contributed by atoms with E-state index in [9.17, 15) is 0 Å². The van der Waals surface area contributed by atoms with Crippen molar-refractivity contribution < 1.29 is 0 Å². The van der Waals surface area contributed by atoms with Gasteiger partial charge < -0.3 is 9.13 Å². The summed E-state index contributed by atoms with van der Waals surface area (Å²) in [6.45, 7) is 0. The summed E-state index contributed by atoms with van der Waals surface area (Å²) in [6, 6.07) is 84.6. The van der Waals surface area contributed by atoms with Gasteiger partial charge in [-0.25, -0.2) is 15.0 Å². The molecular weight excluding hydrogens is 827 g/mol. The lowest BCUT2D eigenvalue weighted by atomic mass is 9.99. The minimum Gasteiger partial charge on any atom is -0.309 e. The van der Waals surface area contributed by atoms with Crippen molar-refractivity contribution in [1.82, 2.24) is 24.1 Å². The summed E-state index contributed by atoms with van der Waals surface area (Å²) in [5.74, 6) is 1.86. The quantitative estimate of drug-likeness (QED) is 0.167. The van der Waals surface area contributed by atoms with Crippen LogP contribution in [0.1, 0.15) is 0 Å². The summed E-state index contributed by atoms with van der Waals surface area (Å²) in [7, 11) is 0. The predicted octanol–water partition coefficient (Wildman–Crippen LogP) is 16.2. The van der Waals surface area contributed by atoms with Crippen molar-refractivity contribution in [1.29, 1.82) is 0 Å². The van der Waals surface area contributed by atoms with Crippen LogP contribution in [0.2, 0.25) is 0 Å². The van der Waals surface area contributed by atoms with Gasteiger partial charge in [0.25, 0.3) is 0 Å². The van der Waals surface area contributed by atoms with Gasteiger partial charge in [-0.2, -0.15) is 0 Å². The van der Waals surface area contributed by atoms with Crippen LogP contribution < -0.4 is 0 Å². The number of hydrogen-bond donors (Lipinski definition) is 0. The van der Waals surface area contributed by atoms with Gasteiger partial charge in [-0.3, -0.25) is 0 Å². The zero-order chi connectivity index (χ0) is 44.7. The van der Waals surface area contributed by atoms with Crippen LogP contribution in [-0.4, -0.2) is 24.1 Å². The van der Waals surface area contributed by atoms with Crippen molar-refractivity contribution >= 4 is 75.9 Å². The first-order valence-electron chi connectivity index (χ1n) is 23.1. The Hall–Kier alpha value is -9.19. The van der Waals surface area contributed by atoms with Gasteiger partial charge in [0, 0.05) is 49.6 Å². The minimum absolute atomic E-state index is 0.607. The molecule has 0 N–H and O–H groups in total. The summed E-state index contributed by atoms with van der Waals surface area (Å²) in [5, 5.41) is 12.0. The third-order valence-electron chi connectivity index (χ3n) is 13.7. The number of hydrogen-bond acceptors (Lipinski definition) is 3. The fraction of sp³-hybridized carbons (Fsp3) is 0. The van der Waals surface area contributed by atoms with Gasteiger partial charge in [0.05, 0.1) is 22.1 Å². The molecule has 11 aromatic carbocycles. The van der Waals surface area contributed by atoms with Gasteiger partial charge >= 0.3 is 0 Å². The Balaban J connectivity index is 0.990. The van der Waals surface area contributed by atoms with Crippen LogP contribution in [0.15, 0.2) is 237 Å². The predicted molar refractivity (Wildman–Crippen MR) is 283 cm³/mol. The average Bonchev–Trinajstić information content (AvgIpc) is 3.92. The molecule has 0 radical (unpaired) electrons. The second-order valence-electron chi connectivity index (χ2n) is 17.6. The standard InChI is InChI=1S/C63H39N5/c1-2-16-40(17-3-1)48-26-10-11-28-51(48)62-64-61(65-63(66-62)52-30-15-22-41-18-6-8-25-49(41)52)45-23-14-24-46(36-45)68-57-35-33-47(39-55(57)54-37-43-20-4-5-21-44(43)38-59(54)68)67-56-31-13-12-29-53(56)60-50-27-9-7-19-42(50)32-34-58(60)67/h1-39H. The topological polar surface area (TPSA) is 48.5 Å². The molecule has 3 heterocycles. The van der Waals surface area contributed by atoms with E-state index in [1.807, 2.05) is 6.07 Å². The van der Waals surface area contributed by atoms with Crippen LogP contribution in [0.4, 0.5) is 0 Å². The summed E-state index contributed by atoms with van der Waals surface area (Å²) < 4.78 is 4.84. The van der Waals surface area contributed by atoms with Crippen LogP contribution in [0, 0.1) is 0 Å². The van der Waals surface area contributed by atoms with Crippen molar-refractivity contribution in [2.45, 2.75) is 0 Å². The lowest BCUT2D eigenvalue weighted by Crippen LogP contribution is -2.02. The molecule has 5 heteroatoms. The monoisotopic (exact) mass is 865 g/mol. The van der Waals surface area contributed by atoms with E-state index in [4.69, 9.17) is 15.0 Å². The highest BCUT2D eigenvalue weighted by Gasteiger charge is 2.21. The number of fused-ring (bicyclic) bond motifs is 10. The van der Waals surface area contributed by atoms with Gasteiger partial charge in [0.15, 0.2) is 17.5 Å². The Morgan fingerprint density at radius 2 is 0.779 bits per heavy atom. The number of rotatable bonds is 6. The fourth-order valence-electron chi connectivity index (χ4n) is 10.6. The van der Waals surface area contributed by atoms with Crippen molar-refractivity contribution in [2.75, 3.05) is 0 Å². The normalized spacial score (nSPS) is 11.8. The Morgan fingerprint density at radius 3 is 1.62 bits per heavy atom. The van der Waals surface area contributed by atoms with Crippen molar-refractivity contribution in [3.63, 3.8) is 0 Å². The molecule has 0 saturated heterocycles. The molecule has 5 nitrogen and oxygen atoms in total. The van der Waals surface area contributed by atoms with E-state index in [1.54, 1.807) is 0 Å². The third kappa shape index (κ3) is 5.99. The Labute approximate surface area is 391 Å². The van der Waals surface area contributed by atoms with Crippen molar-refractivity contribution in [3.8, 4) is 56.7 Å². The minimum atomic E-state index is 0.607. The molecular formula is C63H39N5. The van der Waals surface area contributed by atoms with Crippen LogP contribution in [0.25, 0.3) is 133 Å². The van der Waals surface area contributed by atoms with E-state index >= 15 is 0 Å². The molecule has 0 aliphatic rings. The first-order chi connectivity index (χ1) is 33.7. The molecule has 0 bridgehead atoms. The average molecular weight is 866 g/mol. The van der Waals surface area contributed by atoms with E-state index in [1.165, 1.54) is 54.1 Å². The van der Waals surface area contributed by atoms with E-state index in [2.05, 4.69) is 240 Å². The largest absolute Gasteiger partial charge is 0.309 e. The number of para-hydroxylation sites is 1. The molecule has 14 aromatic rings. The first kappa shape index (κ1) is 38.1. The molecule has 68 heavy (non-hydrogen) atoms. The summed E-state index contributed by atoms with van der Waals surface area (Å²) in [5.41, 5.74) is 11.7. The van der Waals surface area contributed by atoms with Crippen molar-refractivity contribution in [3.05, 3.63) is 237 Å². The van der Waals surface area contributed by atoms with E-state index in [0.29, 0.717) is 17.5 Å². The highest BCUT2D eigenvalue weighted by atomic mass is 15.0. The van der Waals surface area contributed by atoms with Crippen LogP contribution in [0.3, 0.4) is 0 Å². The summed E-state index contributed by atoms with van der Waals surface area (Å²) >= 11 is 0.